The highest BCUT2D eigenvalue weighted by Crippen LogP contribution is 2.37. The Morgan fingerprint density at radius 3 is 2.61 bits per heavy atom. The number of benzene rings is 2. The second-order valence-corrected chi connectivity index (χ2v) is 7.76. The van der Waals surface area contributed by atoms with Crippen LogP contribution >= 0.6 is 12.2 Å². The highest BCUT2D eigenvalue weighted by atomic mass is 32.1. The van der Waals surface area contributed by atoms with E-state index in [0.717, 1.165) is 36.2 Å². The zero-order chi connectivity index (χ0) is 22.0. The molecule has 0 aliphatic carbocycles. The van der Waals surface area contributed by atoms with Crippen molar-refractivity contribution in [2.75, 3.05) is 6.54 Å². The smallest absolute Gasteiger partial charge is 0.258 e. The van der Waals surface area contributed by atoms with E-state index in [1.807, 2.05) is 11.8 Å². The lowest BCUT2D eigenvalue weighted by molar-refractivity contribution is 0.395. The molecule has 0 fully saturated rings. The van der Waals surface area contributed by atoms with Gasteiger partial charge in [-0.1, -0.05) is 42.8 Å². The van der Waals surface area contributed by atoms with E-state index in [1.54, 1.807) is 24.3 Å². The Kier molecular flexibility index (Phi) is 6.08. The minimum absolute atomic E-state index is 0.293. The predicted octanol–water partition coefficient (Wildman–Crippen LogP) is 5.48. The van der Waals surface area contributed by atoms with Crippen LogP contribution in [0.4, 0.5) is 8.78 Å². The number of allylic oxidation sites excluding steroid dienone is 1. The van der Waals surface area contributed by atoms with Crippen molar-refractivity contribution in [1.82, 2.24) is 20.4 Å². The first-order valence-corrected chi connectivity index (χ1v) is 10.5. The van der Waals surface area contributed by atoms with Crippen LogP contribution in [0, 0.1) is 11.6 Å². The number of halogens is 2. The van der Waals surface area contributed by atoms with Crippen molar-refractivity contribution in [2.24, 2.45) is 0 Å². The summed E-state index contributed by atoms with van der Waals surface area (Å²) in [5.74, 6) is -0.0949. The van der Waals surface area contributed by atoms with Crippen molar-refractivity contribution in [3.8, 4) is 11.4 Å². The van der Waals surface area contributed by atoms with Crippen molar-refractivity contribution in [3.05, 3.63) is 77.3 Å². The molecule has 1 N–H and O–H groups in total. The van der Waals surface area contributed by atoms with Crippen molar-refractivity contribution >= 4 is 22.9 Å². The minimum Gasteiger partial charge on any atom is -0.351 e. The number of hydrogen-bond acceptors (Lipinski definition) is 4. The van der Waals surface area contributed by atoms with Gasteiger partial charge in [-0.25, -0.2) is 8.78 Å². The minimum atomic E-state index is -0.383. The van der Waals surface area contributed by atoms with Gasteiger partial charge >= 0.3 is 0 Å². The molecule has 8 heteroatoms. The molecular weight excluding hydrogens is 418 g/mol. The van der Waals surface area contributed by atoms with Gasteiger partial charge in [0.1, 0.15) is 11.6 Å². The first-order valence-electron chi connectivity index (χ1n) is 10.1. The summed E-state index contributed by atoms with van der Waals surface area (Å²) >= 11 is 5.62. The fraction of sp³-hybridized carbons (Fsp3) is 0.261. The molecule has 0 saturated carbocycles. The van der Waals surface area contributed by atoms with Crippen LogP contribution in [0.3, 0.4) is 0 Å². The Bertz CT molecular complexity index is 1130. The van der Waals surface area contributed by atoms with Crippen LogP contribution in [0.15, 0.2) is 58.8 Å². The van der Waals surface area contributed by atoms with Gasteiger partial charge in [-0.15, -0.1) is 0 Å². The fourth-order valence-electron chi connectivity index (χ4n) is 3.63. The first kappa shape index (κ1) is 21.1. The van der Waals surface area contributed by atoms with E-state index < -0.39 is 0 Å². The monoisotopic (exact) mass is 440 g/mol. The van der Waals surface area contributed by atoms with E-state index >= 15 is 0 Å². The van der Waals surface area contributed by atoms with E-state index in [0.29, 0.717) is 22.4 Å². The molecule has 1 atom stereocenters. The molecule has 0 radical (unpaired) electrons. The zero-order valence-electron chi connectivity index (χ0n) is 17.2. The largest absolute Gasteiger partial charge is 0.351 e. The molecule has 1 aliphatic heterocycles. The highest BCUT2D eigenvalue weighted by Gasteiger charge is 2.33. The number of nitrogens with zero attached hydrogens (tertiary/aromatic N) is 3. The quantitative estimate of drug-likeness (QED) is 0.513. The van der Waals surface area contributed by atoms with Gasteiger partial charge in [0.05, 0.1) is 11.6 Å². The Morgan fingerprint density at radius 2 is 1.90 bits per heavy atom. The van der Waals surface area contributed by atoms with E-state index in [9.17, 15) is 8.78 Å². The first-order chi connectivity index (χ1) is 15.0. The van der Waals surface area contributed by atoms with Gasteiger partial charge in [0, 0.05) is 17.8 Å². The zero-order valence-corrected chi connectivity index (χ0v) is 18.0. The average Bonchev–Trinajstić information content (AvgIpc) is 3.23. The molecular formula is C23H22F2N4OS. The standard InChI is InChI=1S/C23H22F2N4OS/c1-3-4-12-29-14(2)19(20(26-23(29)31)15-8-10-17(24)11-9-15)22-27-21(28-30-22)16-6-5-7-18(25)13-16/h5-11,13,20H,3-4,12H2,1-2H3,(H,26,31). The molecule has 1 unspecified atom stereocenters. The summed E-state index contributed by atoms with van der Waals surface area (Å²) in [5.41, 5.74) is 2.99. The lowest BCUT2D eigenvalue weighted by Gasteiger charge is -2.37. The fourth-order valence-corrected chi connectivity index (χ4v) is 3.97. The lowest BCUT2D eigenvalue weighted by Crippen LogP contribution is -2.46. The van der Waals surface area contributed by atoms with Gasteiger partial charge in [-0.3, -0.25) is 0 Å². The molecule has 2 heterocycles. The number of unbranched alkanes of at least 4 members (excludes halogenated alkanes) is 1. The number of nitrogens with one attached hydrogen (secondary N) is 1. The summed E-state index contributed by atoms with van der Waals surface area (Å²) in [6, 6.07) is 11.9. The number of aromatic nitrogens is 2. The second-order valence-electron chi connectivity index (χ2n) is 7.37. The molecule has 5 nitrogen and oxygen atoms in total. The molecule has 1 aliphatic rings. The van der Waals surface area contributed by atoms with Gasteiger partial charge in [0.15, 0.2) is 5.11 Å². The van der Waals surface area contributed by atoms with Crippen LogP contribution in [0.5, 0.6) is 0 Å². The highest BCUT2D eigenvalue weighted by molar-refractivity contribution is 7.80. The van der Waals surface area contributed by atoms with Crippen LogP contribution < -0.4 is 5.32 Å². The summed E-state index contributed by atoms with van der Waals surface area (Å²) in [7, 11) is 0. The van der Waals surface area contributed by atoms with Gasteiger partial charge in [-0.2, -0.15) is 4.98 Å². The molecule has 0 spiro atoms. The number of rotatable bonds is 6. The summed E-state index contributed by atoms with van der Waals surface area (Å²) in [6.45, 7) is 4.82. The third-order valence-corrected chi connectivity index (χ3v) is 5.61. The van der Waals surface area contributed by atoms with E-state index in [4.69, 9.17) is 16.7 Å². The van der Waals surface area contributed by atoms with Crippen molar-refractivity contribution in [3.63, 3.8) is 0 Å². The molecule has 160 valence electrons. The summed E-state index contributed by atoms with van der Waals surface area (Å²) in [4.78, 5) is 6.56. The molecule has 1 aromatic heterocycles. The summed E-state index contributed by atoms with van der Waals surface area (Å²) in [6.07, 6.45) is 1.99. The van der Waals surface area contributed by atoms with Crippen molar-refractivity contribution in [2.45, 2.75) is 32.7 Å². The maximum absolute atomic E-state index is 13.6. The summed E-state index contributed by atoms with van der Waals surface area (Å²) in [5, 5.41) is 7.99. The van der Waals surface area contributed by atoms with Crippen LogP contribution in [0.2, 0.25) is 0 Å². The molecule has 0 saturated heterocycles. The van der Waals surface area contributed by atoms with Crippen LogP contribution in [-0.2, 0) is 0 Å². The molecule has 31 heavy (non-hydrogen) atoms. The van der Waals surface area contributed by atoms with E-state index in [1.165, 1.54) is 24.3 Å². The normalized spacial score (nSPS) is 16.6. The molecule has 3 aromatic rings. The third-order valence-electron chi connectivity index (χ3n) is 5.27. The Labute approximate surface area is 184 Å². The number of hydrogen-bond donors (Lipinski definition) is 1. The third kappa shape index (κ3) is 4.34. The average molecular weight is 441 g/mol. The lowest BCUT2D eigenvalue weighted by atomic mass is 9.94. The van der Waals surface area contributed by atoms with E-state index in [-0.39, 0.29) is 17.7 Å². The van der Waals surface area contributed by atoms with Gasteiger partial charge < -0.3 is 14.7 Å². The number of thiocarbonyl (C=S) groups is 1. The van der Waals surface area contributed by atoms with Gasteiger partial charge in [-0.05, 0) is 55.4 Å². The predicted molar refractivity (Wildman–Crippen MR) is 119 cm³/mol. The second kappa shape index (κ2) is 8.93. The Hall–Kier alpha value is -3.13. The maximum atomic E-state index is 13.6. The molecule has 4 rings (SSSR count). The van der Waals surface area contributed by atoms with Crippen molar-refractivity contribution < 1.29 is 13.3 Å². The van der Waals surface area contributed by atoms with Crippen LogP contribution in [0.25, 0.3) is 17.0 Å². The molecule has 0 bridgehead atoms. The van der Waals surface area contributed by atoms with Gasteiger partial charge in [0.2, 0.25) is 5.82 Å². The van der Waals surface area contributed by atoms with Crippen molar-refractivity contribution in [1.29, 1.82) is 0 Å². The Balaban J connectivity index is 1.80. The topological polar surface area (TPSA) is 54.2 Å². The SMILES string of the molecule is CCCCN1C(=S)NC(c2ccc(F)cc2)C(c2nc(-c3cccc(F)c3)no2)=C1C. The van der Waals surface area contributed by atoms with E-state index in [2.05, 4.69) is 22.4 Å². The van der Waals surface area contributed by atoms with Crippen LogP contribution in [0.1, 0.15) is 44.2 Å². The molecule has 0 amide bonds. The van der Waals surface area contributed by atoms with Crippen LogP contribution in [-0.4, -0.2) is 26.7 Å². The molecule has 2 aromatic carbocycles. The van der Waals surface area contributed by atoms with Gasteiger partial charge in [0.25, 0.3) is 5.89 Å². The Morgan fingerprint density at radius 1 is 1.13 bits per heavy atom. The maximum Gasteiger partial charge on any atom is 0.258 e. The summed E-state index contributed by atoms with van der Waals surface area (Å²) < 4.78 is 32.8.